The zero-order valence-corrected chi connectivity index (χ0v) is 62.9. The number of carbonyl (C=O) groups is 1. The van der Waals surface area contributed by atoms with Crippen molar-refractivity contribution in [1.29, 1.82) is 0 Å². The average Bonchev–Trinajstić information content (AvgIpc) is 0.783. The molecule has 3 aliphatic heterocycles. The van der Waals surface area contributed by atoms with E-state index in [0.717, 1.165) is 64.2 Å². The van der Waals surface area contributed by atoms with E-state index in [1.807, 2.05) is 0 Å². The third kappa shape index (κ3) is 41.8. The second-order valence-corrected chi connectivity index (χ2v) is 29.6. The molecule has 100 heavy (non-hydrogen) atoms. The molecule has 3 fully saturated rings. The molecule has 17 unspecified atom stereocenters. The van der Waals surface area contributed by atoms with Gasteiger partial charge in [-0.3, -0.25) is 4.79 Å². The molecule has 0 spiro atoms. The van der Waals surface area contributed by atoms with Gasteiger partial charge in [-0.25, -0.2) is 0 Å². The molecule has 588 valence electrons. The highest BCUT2D eigenvalue weighted by molar-refractivity contribution is 5.76. The van der Waals surface area contributed by atoms with Gasteiger partial charge in [-0.15, -0.1) is 0 Å². The maximum atomic E-state index is 13.5. The van der Waals surface area contributed by atoms with E-state index in [-0.39, 0.29) is 18.9 Å². The van der Waals surface area contributed by atoms with Crippen molar-refractivity contribution in [3.63, 3.8) is 0 Å². The molecule has 19 heteroatoms. The molecule has 0 aliphatic carbocycles. The summed E-state index contributed by atoms with van der Waals surface area (Å²) in [4.78, 5) is 13.5. The Morgan fingerprint density at radius 1 is 0.360 bits per heavy atom. The van der Waals surface area contributed by atoms with Gasteiger partial charge in [0.2, 0.25) is 5.91 Å². The van der Waals surface area contributed by atoms with Crippen molar-refractivity contribution in [1.82, 2.24) is 5.32 Å². The average molecular weight is 1430 g/mol. The molecule has 1 amide bonds. The maximum absolute atomic E-state index is 13.5. The summed E-state index contributed by atoms with van der Waals surface area (Å²) in [7, 11) is 0. The predicted octanol–water partition coefficient (Wildman–Crippen LogP) is 13.9. The fourth-order valence-corrected chi connectivity index (χ4v) is 14.1. The summed E-state index contributed by atoms with van der Waals surface area (Å²) < 4.78 is 34.5. The molecule has 0 aromatic heterocycles. The summed E-state index contributed by atoms with van der Waals surface area (Å²) in [6.45, 7) is 1.84. The van der Waals surface area contributed by atoms with Gasteiger partial charge in [-0.05, 0) is 51.4 Å². The fraction of sp³-hybridized carbons (Fsp3) is 0.914. The van der Waals surface area contributed by atoms with Crippen molar-refractivity contribution in [3.05, 3.63) is 36.5 Å². The minimum Gasteiger partial charge on any atom is -0.394 e. The number of carbonyl (C=O) groups excluding carboxylic acids is 1. The van der Waals surface area contributed by atoms with Crippen LogP contribution in [0.4, 0.5) is 0 Å². The summed E-state index contributed by atoms with van der Waals surface area (Å²) >= 11 is 0. The number of amides is 1. The molecule has 3 heterocycles. The van der Waals surface area contributed by atoms with Gasteiger partial charge in [0.15, 0.2) is 18.9 Å². The Kier molecular flexibility index (Phi) is 57.3. The van der Waals surface area contributed by atoms with E-state index in [1.54, 1.807) is 0 Å². The van der Waals surface area contributed by atoms with E-state index in [4.69, 9.17) is 28.4 Å². The Balaban J connectivity index is 1.36. The van der Waals surface area contributed by atoms with E-state index in [0.29, 0.717) is 12.8 Å². The Morgan fingerprint density at radius 2 is 0.660 bits per heavy atom. The SMILES string of the molecule is CCCCCCC/C=C\C/C=C\C/C=C\CCCCCCCCCCCCC(=O)NC(COC1OC(CO)C(OC2OC(CO)C(OC3OC(CO)C(O)C(O)C3O)C(O)C2O)C(O)C1O)C(O)CCCCCCCCCCCCCCCCCCCCCCCCCCCCCCCC. The van der Waals surface area contributed by atoms with Gasteiger partial charge in [-0.1, -0.05) is 320 Å². The van der Waals surface area contributed by atoms with Crippen LogP contribution in [-0.2, 0) is 33.2 Å². The molecule has 0 aromatic rings. The third-order valence-corrected chi connectivity index (χ3v) is 20.7. The zero-order chi connectivity index (χ0) is 72.5. The van der Waals surface area contributed by atoms with Gasteiger partial charge in [0.05, 0.1) is 38.6 Å². The second kappa shape index (κ2) is 62.1. The summed E-state index contributed by atoms with van der Waals surface area (Å²) in [5.41, 5.74) is 0. The van der Waals surface area contributed by atoms with Crippen LogP contribution in [0.15, 0.2) is 36.5 Å². The van der Waals surface area contributed by atoms with E-state index in [2.05, 4.69) is 55.6 Å². The van der Waals surface area contributed by atoms with Crippen LogP contribution in [0.25, 0.3) is 0 Å². The van der Waals surface area contributed by atoms with Crippen LogP contribution < -0.4 is 5.32 Å². The number of nitrogens with one attached hydrogen (secondary N) is 1. The van der Waals surface area contributed by atoms with Gasteiger partial charge in [-0.2, -0.15) is 0 Å². The topological polar surface area (TPSA) is 307 Å². The molecule has 12 N–H and O–H groups in total. The number of hydrogen-bond acceptors (Lipinski definition) is 18. The zero-order valence-electron chi connectivity index (χ0n) is 62.9. The second-order valence-electron chi connectivity index (χ2n) is 29.6. The van der Waals surface area contributed by atoms with Crippen molar-refractivity contribution in [3.8, 4) is 0 Å². The van der Waals surface area contributed by atoms with Gasteiger partial charge >= 0.3 is 0 Å². The van der Waals surface area contributed by atoms with Crippen LogP contribution in [0.3, 0.4) is 0 Å². The summed E-state index contributed by atoms with van der Waals surface area (Å²) in [5, 5.41) is 121. The molecule has 0 bridgehead atoms. The fourth-order valence-electron chi connectivity index (χ4n) is 14.1. The smallest absolute Gasteiger partial charge is 0.220 e. The van der Waals surface area contributed by atoms with Crippen molar-refractivity contribution in [2.75, 3.05) is 26.4 Å². The van der Waals surface area contributed by atoms with Crippen molar-refractivity contribution in [2.24, 2.45) is 0 Å². The van der Waals surface area contributed by atoms with Crippen LogP contribution in [0, 0.1) is 0 Å². The van der Waals surface area contributed by atoms with Gasteiger partial charge < -0.3 is 89.9 Å². The predicted molar refractivity (Wildman–Crippen MR) is 397 cm³/mol. The van der Waals surface area contributed by atoms with Gasteiger partial charge in [0, 0.05) is 6.42 Å². The minimum atomic E-state index is -1.97. The van der Waals surface area contributed by atoms with Crippen molar-refractivity contribution >= 4 is 5.91 Å². The van der Waals surface area contributed by atoms with Crippen molar-refractivity contribution < 1.29 is 89.4 Å². The van der Waals surface area contributed by atoms with E-state index < -0.39 is 124 Å². The largest absolute Gasteiger partial charge is 0.394 e. The molecular formula is C81H151NO18. The Morgan fingerprint density at radius 3 is 1.03 bits per heavy atom. The van der Waals surface area contributed by atoms with Crippen LogP contribution in [0.2, 0.25) is 0 Å². The van der Waals surface area contributed by atoms with Crippen molar-refractivity contribution in [2.45, 2.75) is 446 Å². The third-order valence-electron chi connectivity index (χ3n) is 20.7. The van der Waals surface area contributed by atoms with Crippen LogP contribution >= 0.6 is 0 Å². The molecule has 3 saturated heterocycles. The van der Waals surface area contributed by atoms with Gasteiger partial charge in [0.25, 0.3) is 0 Å². The molecular weight excluding hydrogens is 1270 g/mol. The minimum absolute atomic E-state index is 0.242. The lowest BCUT2D eigenvalue weighted by atomic mass is 9.96. The first kappa shape index (κ1) is 92.2. The van der Waals surface area contributed by atoms with Gasteiger partial charge in [0.1, 0.15) is 73.2 Å². The number of rotatable bonds is 66. The summed E-state index contributed by atoms with van der Waals surface area (Å²) in [6.07, 6.45) is 49.4. The van der Waals surface area contributed by atoms with E-state index >= 15 is 0 Å². The molecule has 0 radical (unpaired) electrons. The van der Waals surface area contributed by atoms with E-state index in [9.17, 15) is 61.0 Å². The lowest BCUT2D eigenvalue weighted by Crippen LogP contribution is -2.66. The Labute approximate surface area is 606 Å². The number of ether oxygens (including phenoxy) is 6. The molecule has 0 saturated carbocycles. The highest BCUT2D eigenvalue weighted by Crippen LogP contribution is 2.33. The lowest BCUT2D eigenvalue weighted by molar-refractivity contribution is -0.379. The number of allylic oxidation sites excluding steroid dienone is 6. The monoisotopic (exact) mass is 1430 g/mol. The quantitative estimate of drug-likeness (QED) is 0.0199. The molecule has 19 nitrogen and oxygen atoms in total. The molecule has 3 aliphatic rings. The Bertz CT molecular complexity index is 1950. The highest BCUT2D eigenvalue weighted by atomic mass is 16.8. The number of aliphatic hydroxyl groups is 11. The molecule has 3 rings (SSSR count). The summed E-state index contributed by atoms with van der Waals surface area (Å²) in [6, 6.07) is -0.892. The van der Waals surface area contributed by atoms with E-state index in [1.165, 1.54) is 244 Å². The molecule has 17 atom stereocenters. The van der Waals surface area contributed by atoms with Crippen LogP contribution in [0.5, 0.6) is 0 Å². The first-order valence-corrected chi connectivity index (χ1v) is 41.2. The number of unbranched alkanes of at least 4 members (excludes halogenated alkanes) is 44. The normalized spacial score (nSPS) is 26.6. The number of hydrogen-bond donors (Lipinski definition) is 12. The maximum Gasteiger partial charge on any atom is 0.220 e. The number of aliphatic hydroxyl groups excluding tert-OH is 11. The summed E-state index contributed by atoms with van der Waals surface area (Å²) in [5.74, 6) is -0.242. The van der Waals surface area contributed by atoms with Crippen LogP contribution in [0.1, 0.15) is 341 Å². The highest BCUT2D eigenvalue weighted by Gasteiger charge is 2.54. The first-order valence-electron chi connectivity index (χ1n) is 41.2. The standard InChI is InChI=1S/C81H151NO18/c1-3-5-7-9-11-13-15-17-19-21-23-25-27-29-30-31-32-33-35-36-38-40-42-44-46-48-50-52-54-56-58-65(86)64(82-69(87)59-57-55-53-51-49-47-45-43-41-39-37-34-28-26-24-22-20-18-16-14-12-10-8-6-4-2)63-95-79-75(93)72(90)77(67(61-84)97-79)100-81-76(94)73(91)78(68(62-85)98-81)99-80-74(92)71(89)70(88)66(60-83)96-80/h16,18,22,24,28,34,64-68,70-81,83-86,88-94H,3-15,17,19-21,23,25-27,29-33,35-63H2,1-2H3,(H,82,87)/b18-16-,24-22-,34-28-. The lowest BCUT2D eigenvalue weighted by Gasteiger charge is -2.48. The first-order chi connectivity index (χ1) is 48.8. The van der Waals surface area contributed by atoms with Crippen LogP contribution in [-0.4, -0.2) is 193 Å². The molecule has 0 aromatic carbocycles. The Hall–Kier alpha value is -1.99.